The number of rotatable bonds is 5. The van der Waals surface area contributed by atoms with E-state index in [0.29, 0.717) is 6.61 Å². The highest BCUT2D eigenvalue weighted by Crippen LogP contribution is 2.34. The van der Waals surface area contributed by atoms with Gasteiger partial charge in [0.25, 0.3) is 0 Å². The molecule has 0 aromatic carbocycles. The van der Waals surface area contributed by atoms with Crippen LogP contribution < -0.4 is 0 Å². The van der Waals surface area contributed by atoms with Gasteiger partial charge in [0.2, 0.25) is 0 Å². The zero-order valence-corrected chi connectivity index (χ0v) is 13.7. The highest BCUT2D eigenvalue weighted by molar-refractivity contribution is 5.02. The maximum Gasteiger partial charge on any atom is 0.164 e. The summed E-state index contributed by atoms with van der Waals surface area (Å²) < 4.78 is 23.0. The highest BCUT2D eigenvalue weighted by Gasteiger charge is 2.48. The molecule has 1 N–H and O–H groups in total. The van der Waals surface area contributed by atoms with Crippen molar-refractivity contribution in [3.05, 3.63) is 12.2 Å². The number of aliphatic hydroxyl groups is 1. The normalized spacial score (nSPS) is 36.4. The maximum absolute atomic E-state index is 10.6. The molecule has 0 aliphatic carbocycles. The van der Waals surface area contributed by atoms with Gasteiger partial charge in [-0.05, 0) is 34.1 Å². The van der Waals surface area contributed by atoms with Gasteiger partial charge in [0.05, 0.1) is 6.61 Å². The maximum atomic E-state index is 10.6. The summed E-state index contributed by atoms with van der Waals surface area (Å²) in [6, 6.07) is 0. The monoisotopic (exact) mass is 300 g/mol. The first-order valence-corrected chi connectivity index (χ1v) is 7.76. The van der Waals surface area contributed by atoms with Crippen LogP contribution >= 0.6 is 0 Å². The van der Waals surface area contributed by atoms with Gasteiger partial charge >= 0.3 is 0 Å². The minimum absolute atomic E-state index is 0.270. The quantitative estimate of drug-likeness (QED) is 0.790. The summed E-state index contributed by atoms with van der Waals surface area (Å²) in [7, 11) is 0. The molecule has 2 rings (SSSR count). The molecule has 5 heteroatoms. The highest BCUT2D eigenvalue weighted by atomic mass is 16.8. The zero-order chi connectivity index (χ0) is 15.7. The fraction of sp³-hybridized carbons (Fsp3) is 0.875. The smallest absolute Gasteiger partial charge is 0.164 e. The summed E-state index contributed by atoms with van der Waals surface area (Å²) in [6.07, 6.45) is 4.21. The Hall–Kier alpha value is -0.460. The zero-order valence-electron chi connectivity index (χ0n) is 13.7. The van der Waals surface area contributed by atoms with Gasteiger partial charge in [-0.3, -0.25) is 0 Å². The second kappa shape index (κ2) is 6.34. The third-order valence-corrected chi connectivity index (χ3v) is 3.69. The van der Waals surface area contributed by atoms with E-state index in [2.05, 4.69) is 13.0 Å². The van der Waals surface area contributed by atoms with Crippen molar-refractivity contribution in [1.29, 1.82) is 0 Å². The van der Waals surface area contributed by atoms with Gasteiger partial charge in [-0.15, -0.1) is 0 Å². The van der Waals surface area contributed by atoms with Crippen LogP contribution in [0.1, 0.15) is 47.5 Å². The molecule has 0 saturated carbocycles. The molecule has 0 bridgehead atoms. The molecule has 122 valence electrons. The summed E-state index contributed by atoms with van der Waals surface area (Å²) in [6.45, 7) is 9.88. The van der Waals surface area contributed by atoms with E-state index in [1.165, 1.54) is 0 Å². The van der Waals surface area contributed by atoms with E-state index in [1.807, 2.05) is 33.8 Å². The predicted molar refractivity (Wildman–Crippen MR) is 78.8 cm³/mol. The van der Waals surface area contributed by atoms with Gasteiger partial charge in [0.15, 0.2) is 11.6 Å². The Balaban J connectivity index is 2.04. The van der Waals surface area contributed by atoms with Crippen LogP contribution in [0, 0.1) is 0 Å². The minimum atomic E-state index is -0.787. The molecule has 2 aliphatic heterocycles. The van der Waals surface area contributed by atoms with Crippen molar-refractivity contribution in [3.8, 4) is 0 Å². The summed E-state index contributed by atoms with van der Waals surface area (Å²) in [5, 5.41) is 10.6. The van der Waals surface area contributed by atoms with Crippen molar-refractivity contribution < 1.29 is 24.1 Å². The fourth-order valence-electron chi connectivity index (χ4n) is 2.72. The molecule has 0 spiro atoms. The SMILES string of the molecule is CCC/C=C/[C@H]1OC(C)(C)O[C@H]1[C@H](O)[C@H]1COC(C)(C)O1. The molecule has 2 heterocycles. The molecule has 2 aliphatic rings. The van der Waals surface area contributed by atoms with Crippen LogP contribution in [0.15, 0.2) is 12.2 Å². The topological polar surface area (TPSA) is 57.2 Å². The first-order chi connectivity index (χ1) is 9.74. The molecule has 5 nitrogen and oxygen atoms in total. The molecule has 2 saturated heterocycles. The largest absolute Gasteiger partial charge is 0.387 e. The van der Waals surface area contributed by atoms with Crippen molar-refractivity contribution in [2.24, 2.45) is 0 Å². The molecular weight excluding hydrogens is 272 g/mol. The summed E-state index contributed by atoms with van der Waals surface area (Å²) in [5.74, 6) is -1.37. The van der Waals surface area contributed by atoms with Crippen molar-refractivity contribution in [3.63, 3.8) is 0 Å². The Labute approximate surface area is 127 Å². The average molecular weight is 300 g/mol. The van der Waals surface area contributed by atoms with E-state index in [-0.39, 0.29) is 6.10 Å². The molecular formula is C16H28O5. The Morgan fingerprint density at radius 3 is 2.43 bits per heavy atom. The first-order valence-electron chi connectivity index (χ1n) is 7.76. The summed E-state index contributed by atoms with van der Waals surface area (Å²) in [5.41, 5.74) is 0. The van der Waals surface area contributed by atoms with Crippen LogP contribution in [0.5, 0.6) is 0 Å². The fourth-order valence-corrected chi connectivity index (χ4v) is 2.72. The van der Waals surface area contributed by atoms with Crippen LogP contribution in [0.3, 0.4) is 0 Å². The van der Waals surface area contributed by atoms with Gasteiger partial charge < -0.3 is 24.1 Å². The molecule has 0 radical (unpaired) electrons. The third-order valence-electron chi connectivity index (χ3n) is 3.69. The van der Waals surface area contributed by atoms with Crippen molar-refractivity contribution in [1.82, 2.24) is 0 Å². The second-order valence-corrected chi connectivity index (χ2v) is 6.64. The number of unbranched alkanes of at least 4 members (excludes halogenated alkanes) is 1. The number of hydrogen-bond acceptors (Lipinski definition) is 5. The van der Waals surface area contributed by atoms with Gasteiger partial charge in [0.1, 0.15) is 24.4 Å². The minimum Gasteiger partial charge on any atom is -0.387 e. The van der Waals surface area contributed by atoms with Gasteiger partial charge in [-0.2, -0.15) is 0 Å². The van der Waals surface area contributed by atoms with E-state index in [9.17, 15) is 5.11 Å². The lowest BCUT2D eigenvalue weighted by molar-refractivity contribution is -0.178. The van der Waals surface area contributed by atoms with E-state index >= 15 is 0 Å². The van der Waals surface area contributed by atoms with Gasteiger partial charge in [-0.25, -0.2) is 0 Å². The second-order valence-electron chi connectivity index (χ2n) is 6.64. The Morgan fingerprint density at radius 1 is 1.14 bits per heavy atom. The van der Waals surface area contributed by atoms with Gasteiger partial charge in [-0.1, -0.05) is 25.5 Å². The predicted octanol–water partition coefficient (Wildman–Crippen LogP) is 2.38. The van der Waals surface area contributed by atoms with Crippen LogP contribution in [-0.4, -0.2) is 47.7 Å². The Kier molecular flexibility index (Phi) is 5.11. The molecule has 0 amide bonds. The van der Waals surface area contributed by atoms with E-state index in [0.717, 1.165) is 12.8 Å². The van der Waals surface area contributed by atoms with Gasteiger partial charge in [0, 0.05) is 0 Å². The van der Waals surface area contributed by atoms with Crippen LogP contribution in [0.25, 0.3) is 0 Å². The lowest BCUT2D eigenvalue weighted by Crippen LogP contribution is -2.44. The number of allylic oxidation sites excluding steroid dienone is 1. The molecule has 4 atom stereocenters. The van der Waals surface area contributed by atoms with E-state index in [4.69, 9.17) is 18.9 Å². The lowest BCUT2D eigenvalue weighted by atomic mass is 10.0. The van der Waals surface area contributed by atoms with Crippen molar-refractivity contribution >= 4 is 0 Å². The Bertz CT molecular complexity index is 377. The molecule has 0 aromatic heterocycles. The number of ether oxygens (including phenoxy) is 4. The molecule has 0 unspecified atom stereocenters. The third kappa shape index (κ3) is 4.27. The number of aliphatic hydroxyl groups excluding tert-OH is 1. The molecule has 21 heavy (non-hydrogen) atoms. The molecule has 0 aromatic rings. The standard InChI is InChI=1S/C16H28O5/c1-6-7-8-9-11-14(21-16(4,5)19-11)13(17)12-10-18-15(2,3)20-12/h8-9,11-14,17H,6-7,10H2,1-5H3/b9-8+/t11-,12-,13-,14-/m1/s1. The van der Waals surface area contributed by atoms with Crippen LogP contribution in [0.4, 0.5) is 0 Å². The average Bonchev–Trinajstić information content (AvgIpc) is 2.88. The summed E-state index contributed by atoms with van der Waals surface area (Å²) >= 11 is 0. The molecule has 2 fully saturated rings. The van der Waals surface area contributed by atoms with E-state index < -0.39 is 29.9 Å². The lowest BCUT2D eigenvalue weighted by Gasteiger charge is -2.26. The Morgan fingerprint density at radius 2 is 1.86 bits per heavy atom. The van der Waals surface area contributed by atoms with Crippen molar-refractivity contribution in [2.45, 2.75) is 83.5 Å². The van der Waals surface area contributed by atoms with Crippen LogP contribution in [0.2, 0.25) is 0 Å². The van der Waals surface area contributed by atoms with E-state index in [1.54, 1.807) is 0 Å². The summed E-state index contributed by atoms with van der Waals surface area (Å²) in [4.78, 5) is 0. The van der Waals surface area contributed by atoms with Crippen molar-refractivity contribution in [2.75, 3.05) is 6.61 Å². The first kappa shape index (κ1) is 16.9. The van der Waals surface area contributed by atoms with Crippen LogP contribution in [-0.2, 0) is 18.9 Å². The number of hydrogen-bond donors (Lipinski definition) is 1.